The van der Waals surface area contributed by atoms with Crippen molar-refractivity contribution in [1.82, 2.24) is 0 Å². The van der Waals surface area contributed by atoms with Crippen molar-refractivity contribution in [1.29, 1.82) is 0 Å². The highest BCUT2D eigenvalue weighted by Crippen LogP contribution is 2.53. The van der Waals surface area contributed by atoms with E-state index < -0.39 is 29.5 Å². The monoisotopic (exact) mass is 476 g/mol. The van der Waals surface area contributed by atoms with Gasteiger partial charge in [-0.25, -0.2) is 4.39 Å². The second-order valence-corrected chi connectivity index (χ2v) is 8.34. The van der Waals surface area contributed by atoms with Gasteiger partial charge in [0.1, 0.15) is 0 Å². The molecule has 3 N–H and O–H groups in total. The van der Waals surface area contributed by atoms with Gasteiger partial charge >= 0.3 is 18.0 Å². The fraction of sp³-hybridized carbons (Fsp3) is 0.435. The smallest absolute Gasteiger partial charge is 0.326 e. The minimum atomic E-state index is -6.21. The molecule has 0 unspecified atom stereocenters. The molecule has 0 aromatic heterocycles. The molecule has 2 aromatic carbocycles. The van der Waals surface area contributed by atoms with Crippen molar-refractivity contribution >= 4 is 11.6 Å². The van der Waals surface area contributed by atoms with Crippen molar-refractivity contribution in [3.8, 4) is 0 Å². The Morgan fingerprint density at radius 3 is 1.94 bits per heavy atom. The lowest BCUT2D eigenvalue weighted by Gasteiger charge is -2.31. The van der Waals surface area contributed by atoms with Gasteiger partial charge in [-0.05, 0) is 67.0 Å². The first kappa shape index (κ1) is 25.0. The Labute approximate surface area is 186 Å². The number of anilines is 1. The summed E-state index contributed by atoms with van der Waals surface area (Å²) in [7, 11) is 0. The number of hydrogen-bond acceptors (Lipinski definition) is 2. The molecule has 10 heteroatoms. The Balaban J connectivity index is 1.95. The number of nitrogens with two attached hydrogens (primary N) is 1. The van der Waals surface area contributed by atoms with Gasteiger partial charge in [0, 0.05) is 23.4 Å². The molecule has 1 fully saturated rings. The SMILES string of the molecule is Cc1cc(C(F)(C(F)(F)F)C(F)(F)F)cc(C)c1NC(=O)c1ccc(CN)c(C2CCC2)c1. The first-order valence-electron chi connectivity index (χ1n) is 10.3. The Morgan fingerprint density at radius 1 is 0.970 bits per heavy atom. The van der Waals surface area contributed by atoms with Crippen LogP contribution in [0.2, 0.25) is 0 Å². The van der Waals surface area contributed by atoms with E-state index in [9.17, 15) is 35.5 Å². The zero-order valence-electron chi connectivity index (χ0n) is 17.9. The largest absolute Gasteiger partial charge is 0.435 e. The van der Waals surface area contributed by atoms with Gasteiger partial charge in [0.05, 0.1) is 0 Å². The fourth-order valence-electron chi connectivity index (χ4n) is 4.05. The maximum atomic E-state index is 14.4. The van der Waals surface area contributed by atoms with Crippen LogP contribution in [0.5, 0.6) is 0 Å². The highest BCUT2D eigenvalue weighted by Gasteiger charge is 2.73. The molecule has 180 valence electrons. The summed E-state index contributed by atoms with van der Waals surface area (Å²) in [6, 6.07) is 5.91. The third kappa shape index (κ3) is 4.45. The quantitative estimate of drug-likeness (QED) is 0.480. The molecule has 1 saturated carbocycles. The van der Waals surface area contributed by atoms with E-state index in [1.54, 1.807) is 18.2 Å². The number of halogens is 7. The molecule has 0 radical (unpaired) electrons. The second kappa shape index (κ2) is 8.62. The average molecular weight is 476 g/mol. The molecule has 1 amide bonds. The van der Waals surface area contributed by atoms with Gasteiger partial charge in [0.2, 0.25) is 0 Å². The van der Waals surface area contributed by atoms with E-state index in [1.165, 1.54) is 13.8 Å². The van der Waals surface area contributed by atoms with Gasteiger partial charge in [0.15, 0.2) is 0 Å². The molecule has 33 heavy (non-hydrogen) atoms. The number of nitrogens with one attached hydrogen (secondary N) is 1. The number of carbonyl (C=O) groups excluding carboxylic acids is 1. The predicted molar refractivity (Wildman–Crippen MR) is 110 cm³/mol. The molecule has 0 aliphatic heterocycles. The van der Waals surface area contributed by atoms with Crippen LogP contribution in [-0.4, -0.2) is 18.3 Å². The molecule has 0 atom stereocenters. The van der Waals surface area contributed by atoms with Crippen molar-refractivity contribution in [2.75, 3.05) is 5.32 Å². The number of benzene rings is 2. The summed E-state index contributed by atoms with van der Waals surface area (Å²) in [4.78, 5) is 12.8. The minimum absolute atomic E-state index is 0.0172. The van der Waals surface area contributed by atoms with Crippen molar-refractivity contribution in [2.45, 2.75) is 63.6 Å². The van der Waals surface area contributed by atoms with Gasteiger partial charge in [-0.15, -0.1) is 0 Å². The third-order valence-corrected chi connectivity index (χ3v) is 6.12. The summed E-state index contributed by atoms with van der Waals surface area (Å²) in [5.74, 6) is -0.294. The second-order valence-electron chi connectivity index (χ2n) is 8.34. The molecule has 1 aliphatic carbocycles. The standard InChI is InChI=1S/C23H23F7N2O/c1-12-8-17(21(24,22(25,26)27)23(28,29)30)9-13(2)19(12)32-20(33)15-6-7-16(11-31)18(10-15)14-4-3-5-14/h6-10,14H,3-5,11,31H2,1-2H3,(H,32,33). The van der Waals surface area contributed by atoms with Crippen molar-refractivity contribution in [3.05, 3.63) is 63.7 Å². The number of carbonyl (C=O) groups is 1. The third-order valence-electron chi connectivity index (χ3n) is 6.12. The predicted octanol–water partition coefficient (Wildman–Crippen LogP) is 6.57. The number of aryl methyl sites for hydroxylation is 2. The van der Waals surface area contributed by atoms with Gasteiger partial charge in [-0.2, -0.15) is 26.3 Å². The lowest BCUT2D eigenvalue weighted by atomic mass is 9.77. The Hall–Kier alpha value is -2.62. The lowest BCUT2D eigenvalue weighted by molar-refractivity contribution is -0.348. The van der Waals surface area contributed by atoms with Crippen LogP contribution in [0.3, 0.4) is 0 Å². The van der Waals surface area contributed by atoms with Gasteiger partial charge < -0.3 is 11.1 Å². The molecule has 2 aromatic rings. The topological polar surface area (TPSA) is 55.1 Å². The molecule has 0 spiro atoms. The number of amides is 1. The Morgan fingerprint density at radius 2 is 1.52 bits per heavy atom. The van der Waals surface area contributed by atoms with Gasteiger partial charge in [-0.3, -0.25) is 4.79 Å². The molecule has 0 heterocycles. The van der Waals surface area contributed by atoms with Crippen LogP contribution in [-0.2, 0) is 12.2 Å². The van der Waals surface area contributed by atoms with Crippen molar-refractivity contribution < 1.29 is 35.5 Å². The lowest BCUT2D eigenvalue weighted by Crippen LogP contribution is -2.50. The molecular weight excluding hydrogens is 453 g/mol. The highest BCUT2D eigenvalue weighted by atomic mass is 19.4. The van der Waals surface area contributed by atoms with Crippen LogP contribution < -0.4 is 11.1 Å². The Bertz CT molecular complexity index is 1020. The van der Waals surface area contributed by atoms with E-state index in [1.807, 2.05) is 0 Å². The maximum Gasteiger partial charge on any atom is 0.435 e. The van der Waals surface area contributed by atoms with E-state index in [0.717, 1.165) is 30.4 Å². The molecule has 0 bridgehead atoms. The average Bonchev–Trinajstić information content (AvgIpc) is 2.66. The minimum Gasteiger partial charge on any atom is -0.326 e. The van der Waals surface area contributed by atoms with E-state index in [-0.39, 0.29) is 22.4 Å². The molecule has 3 rings (SSSR count). The molecule has 0 saturated heterocycles. The summed E-state index contributed by atoms with van der Waals surface area (Å²) >= 11 is 0. The molecule has 1 aliphatic rings. The van der Waals surface area contributed by atoms with E-state index in [4.69, 9.17) is 5.73 Å². The zero-order valence-corrected chi connectivity index (χ0v) is 17.9. The van der Waals surface area contributed by atoms with E-state index in [0.29, 0.717) is 24.6 Å². The summed E-state index contributed by atoms with van der Waals surface area (Å²) in [6.07, 6.45) is -9.40. The number of alkyl halides is 7. The fourth-order valence-corrected chi connectivity index (χ4v) is 4.05. The Kier molecular flexibility index (Phi) is 6.54. The van der Waals surface area contributed by atoms with Crippen LogP contribution >= 0.6 is 0 Å². The van der Waals surface area contributed by atoms with E-state index >= 15 is 0 Å². The van der Waals surface area contributed by atoms with Crippen LogP contribution in [0.1, 0.15) is 63.4 Å². The van der Waals surface area contributed by atoms with Crippen LogP contribution in [0.4, 0.5) is 36.4 Å². The molecule has 3 nitrogen and oxygen atoms in total. The summed E-state index contributed by atoms with van der Waals surface area (Å²) < 4.78 is 93.1. The highest BCUT2D eigenvalue weighted by molar-refractivity contribution is 6.05. The van der Waals surface area contributed by atoms with Crippen LogP contribution in [0, 0.1) is 13.8 Å². The van der Waals surface area contributed by atoms with Crippen molar-refractivity contribution in [2.24, 2.45) is 5.73 Å². The van der Waals surface area contributed by atoms with Gasteiger partial charge in [-0.1, -0.05) is 24.6 Å². The summed E-state index contributed by atoms with van der Waals surface area (Å²) in [5, 5.41) is 2.54. The number of rotatable bonds is 5. The number of hydrogen-bond donors (Lipinski definition) is 2. The molecular formula is C23H23F7N2O. The first-order valence-corrected chi connectivity index (χ1v) is 10.3. The maximum absolute atomic E-state index is 14.4. The summed E-state index contributed by atoms with van der Waals surface area (Å²) in [6.45, 7) is 2.71. The first-order chi connectivity index (χ1) is 15.2. The van der Waals surface area contributed by atoms with E-state index in [2.05, 4.69) is 5.32 Å². The van der Waals surface area contributed by atoms with Crippen LogP contribution in [0.25, 0.3) is 0 Å². The zero-order chi connectivity index (χ0) is 24.8. The van der Waals surface area contributed by atoms with Crippen molar-refractivity contribution in [3.63, 3.8) is 0 Å². The van der Waals surface area contributed by atoms with Crippen LogP contribution in [0.15, 0.2) is 30.3 Å². The normalized spacial score (nSPS) is 15.3. The van der Waals surface area contributed by atoms with Gasteiger partial charge in [0.25, 0.3) is 5.91 Å². The summed E-state index contributed by atoms with van der Waals surface area (Å²) in [5.41, 5.74) is 0.551.